The van der Waals surface area contributed by atoms with E-state index in [1.54, 1.807) is 0 Å². The van der Waals surface area contributed by atoms with Crippen molar-refractivity contribution in [3.63, 3.8) is 0 Å². The zero-order valence-corrected chi connectivity index (χ0v) is 18.3. The molecule has 3 N–H and O–H groups in total. The number of hydrogen-bond acceptors (Lipinski definition) is 3. The number of aliphatic imine (C=N–C) groups is 1. The molecule has 5 nitrogen and oxygen atoms in total. The van der Waals surface area contributed by atoms with Crippen molar-refractivity contribution in [2.45, 2.75) is 32.9 Å². The third-order valence-electron chi connectivity index (χ3n) is 5.26. The van der Waals surface area contributed by atoms with Gasteiger partial charge in [-0.05, 0) is 32.9 Å². The van der Waals surface area contributed by atoms with Gasteiger partial charge in [-0.1, -0.05) is 66.3 Å². The summed E-state index contributed by atoms with van der Waals surface area (Å²) >= 11 is 0. The maximum Gasteiger partial charge on any atom is 0.192 e. The lowest BCUT2D eigenvalue weighted by Crippen LogP contribution is -2.51. The molecule has 0 spiro atoms. The number of allylic oxidation sites excluding steroid dienone is 4. The smallest absolute Gasteiger partial charge is 0.192 e. The van der Waals surface area contributed by atoms with Gasteiger partial charge >= 0.3 is 0 Å². The van der Waals surface area contributed by atoms with Crippen molar-refractivity contribution < 1.29 is 0 Å². The summed E-state index contributed by atoms with van der Waals surface area (Å²) in [4.78, 5) is 9.43. The molecule has 1 aliphatic rings. The number of likely N-dealkylation sites (N-methyl/N-ethyl adjacent to an activating group) is 1. The van der Waals surface area contributed by atoms with Gasteiger partial charge in [-0.3, -0.25) is 10.2 Å². The standard InChI is InChI=1S/C24H37N5/c1-5-21(12-11-20(2)3)13-14-28-15-17-29(18-16-28)24(25)27-23(26-4)19-22-9-7-6-8-10-22/h5-12,23,26H,2,13-19H2,1,3-4H3,(H2,25,27)/b12-11-,21-5+. The average Bonchev–Trinajstić information content (AvgIpc) is 2.74. The highest BCUT2D eigenvalue weighted by molar-refractivity contribution is 5.78. The first kappa shape index (κ1) is 22.9. The predicted molar refractivity (Wildman–Crippen MR) is 125 cm³/mol. The van der Waals surface area contributed by atoms with Gasteiger partial charge < -0.3 is 10.6 Å². The fourth-order valence-electron chi connectivity index (χ4n) is 3.35. The van der Waals surface area contributed by atoms with Crippen molar-refractivity contribution in [2.24, 2.45) is 10.7 Å². The van der Waals surface area contributed by atoms with Crippen molar-refractivity contribution >= 4 is 5.96 Å². The van der Waals surface area contributed by atoms with Gasteiger partial charge in [0.15, 0.2) is 5.96 Å². The summed E-state index contributed by atoms with van der Waals surface area (Å²) in [6.45, 7) is 13.0. The lowest BCUT2D eigenvalue weighted by Gasteiger charge is -2.35. The third-order valence-corrected chi connectivity index (χ3v) is 5.26. The summed E-state index contributed by atoms with van der Waals surface area (Å²) in [5, 5.41) is 3.26. The van der Waals surface area contributed by atoms with Gasteiger partial charge in [-0.25, -0.2) is 4.99 Å². The maximum atomic E-state index is 6.33. The topological polar surface area (TPSA) is 56.9 Å². The summed E-state index contributed by atoms with van der Waals surface area (Å²) in [5.74, 6) is 0.637. The molecule has 1 aromatic rings. The van der Waals surface area contributed by atoms with Crippen molar-refractivity contribution in [1.29, 1.82) is 0 Å². The second-order valence-electron chi connectivity index (χ2n) is 7.60. The average molecular weight is 396 g/mol. The SMILES string of the molecule is C=C(C)/C=C\C(=C/C)CCN1CCN(/C(N)=N/C(Cc2ccccc2)NC)CC1. The predicted octanol–water partition coefficient (Wildman–Crippen LogP) is 3.18. The molecule has 1 unspecified atom stereocenters. The Morgan fingerprint density at radius 2 is 1.90 bits per heavy atom. The Morgan fingerprint density at radius 1 is 1.21 bits per heavy atom. The molecule has 1 aromatic carbocycles. The van der Waals surface area contributed by atoms with Crippen LogP contribution in [0.1, 0.15) is 25.8 Å². The molecule has 1 aliphatic heterocycles. The molecule has 1 heterocycles. The molecule has 5 heteroatoms. The summed E-state index contributed by atoms with van der Waals surface area (Å²) in [6, 6.07) is 10.4. The van der Waals surface area contributed by atoms with Crippen molar-refractivity contribution in [3.05, 3.63) is 71.8 Å². The number of rotatable bonds is 9. The lowest BCUT2D eigenvalue weighted by molar-refractivity contribution is 0.182. The molecule has 29 heavy (non-hydrogen) atoms. The number of nitrogens with two attached hydrogens (primary N) is 1. The number of nitrogens with one attached hydrogen (secondary N) is 1. The molecular weight excluding hydrogens is 358 g/mol. The quantitative estimate of drug-likeness (QED) is 0.383. The van der Waals surface area contributed by atoms with Crippen LogP contribution in [0, 0.1) is 0 Å². The largest absolute Gasteiger partial charge is 0.370 e. The van der Waals surface area contributed by atoms with Crippen LogP contribution in [0.25, 0.3) is 0 Å². The number of guanidine groups is 1. The first-order valence-corrected chi connectivity index (χ1v) is 10.5. The minimum Gasteiger partial charge on any atom is -0.370 e. The van der Waals surface area contributed by atoms with E-state index in [0.717, 1.165) is 51.1 Å². The van der Waals surface area contributed by atoms with Gasteiger partial charge in [0.2, 0.25) is 0 Å². The Bertz CT molecular complexity index is 712. The molecule has 0 amide bonds. The van der Waals surface area contributed by atoms with Crippen LogP contribution in [0.5, 0.6) is 0 Å². The molecule has 0 saturated carbocycles. The van der Waals surface area contributed by atoms with Crippen LogP contribution in [0.3, 0.4) is 0 Å². The van der Waals surface area contributed by atoms with Gasteiger partial charge in [0.05, 0.1) is 0 Å². The number of nitrogens with zero attached hydrogens (tertiary/aromatic N) is 3. The fourth-order valence-corrected chi connectivity index (χ4v) is 3.35. The van der Waals surface area contributed by atoms with Crippen LogP contribution < -0.4 is 11.1 Å². The normalized spacial score (nSPS) is 17.7. The molecule has 2 rings (SSSR count). The molecule has 0 bridgehead atoms. The highest BCUT2D eigenvalue weighted by Gasteiger charge is 2.19. The van der Waals surface area contributed by atoms with Crippen LogP contribution >= 0.6 is 0 Å². The van der Waals surface area contributed by atoms with Crippen LogP contribution in [-0.2, 0) is 6.42 Å². The molecule has 158 valence electrons. The number of piperazine rings is 1. The summed E-state index contributed by atoms with van der Waals surface area (Å²) in [6.07, 6.45) is 8.33. The van der Waals surface area contributed by atoms with Crippen LogP contribution in [0.2, 0.25) is 0 Å². The van der Waals surface area contributed by atoms with Crippen LogP contribution in [0.15, 0.2) is 71.3 Å². The second kappa shape index (κ2) is 12.2. The van der Waals surface area contributed by atoms with E-state index < -0.39 is 0 Å². The monoisotopic (exact) mass is 395 g/mol. The third kappa shape index (κ3) is 8.26. The van der Waals surface area contributed by atoms with Crippen molar-refractivity contribution in [1.82, 2.24) is 15.1 Å². The van der Waals surface area contributed by atoms with E-state index in [0.29, 0.717) is 5.96 Å². The summed E-state index contributed by atoms with van der Waals surface area (Å²) < 4.78 is 0. The first-order chi connectivity index (χ1) is 14.0. The zero-order valence-electron chi connectivity index (χ0n) is 18.3. The molecule has 1 atom stereocenters. The van der Waals surface area contributed by atoms with E-state index in [-0.39, 0.29) is 6.17 Å². The lowest BCUT2D eigenvalue weighted by atomic mass is 10.1. The summed E-state index contributed by atoms with van der Waals surface area (Å²) in [5.41, 5.74) is 10.0. The first-order valence-electron chi connectivity index (χ1n) is 10.5. The second-order valence-corrected chi connectivity index (χ2v) is 7.60. The molecule has 1 fully saturated rings. The van der Waals surface area contributed by atoms with E-state index in [1.165, 1.54) is 11.1 Å². The fraction of sp³-hybridized carbons (Fsp3) is 0.458. The number of benzene rings is 1. The minimum absolute atomic E-state index is 0.00668. The maximum absolute atomic E-state index is 6.33. The highest BCUT2D eigenvalue weighted by atomic mass is 15.3. The van der Waals surface area contributed by atoms with Crippen molar-refractivity contribution in [3.8, 4) is 0 Å². The van der Waals surface area contributed by atoms with Gasteiger partial charge in [0.25, 0.3) is 0 Å². The molecular formula is C24H37N5. The van der Waals surface area contributed by atoms with Gasteiger partial charge in [-0.15, -0.1) is 0 Å². The van der Waals surface area contributed by atoms with E-state index in [1.807, 2.05) is 20.0 Å². The highest BCUT2D eigenvalue weighted by Crippen LogP contribution is 2.10. The molecule has 0 aliphatic carbocycles. The van der Waals surface area contributed by atoms with Crippen LogP contribution in [0.4, 0.5) is 0 Å². The van der Waals surface area contributed by atoms with Gasteiger partial charge in [0.1, 0.15) is 6.17 Å². The number of hydrogen-bond donors (Lipinski definition) is 2. The Morgan fingerprint density at radius 3 is 2.48 bits per heavy atom. The molecule has 0 aromatic heterocycles. The van der Waals surface area contributed by atoms with E-state index in [4.69, 9.17) is 10.7 Å². The van der Waals surface area contributed by atoms with Crippen LogP contribution in [-0.4, -0.2) is 61.7 Å². The molecule has 1 saturated heterocycles. The van der Waals surface area contributed by atoms with Gasteiger partial charge in [-0.2, -0.15) is 0 Å². The van der Waals surface area contributed by atoms with E-state index in [2.05, 4.69) is 71.1 Å². The summed E-state index contributed by atoms with van der Waals surface area (Å²) in [7, 11) is 1.93. The molecule has 0 radical (unpaired) electrons. The Kier molecular flexibility index (Phi) is 9.68. The minimum atomic E-state index is -0.00668. The van der Waals surface area contributed by atoms with E-state index >= 15 is 0 Å². The Balaban J connectivity index is 1.81. The van der Waals surface area contributed by atoms with E-state index in [9.17, 15) is 0 Å². The Labute approximate surface area is 176 Å². The van der Waals surface area contributed by atoms with Crippen molar-refractivity contribution in [2.75, 3.05) is 39.8 Å². The zero-order chi connectivity index (χ0) is 21.1. The Hall–Kier alpha value is -2.37. The van der Waals surface area contributed by atoms with Gasteiger partial charge in [0, 0.05) is 39.1 Å².